The van der Waals surface area contributed by atoms with Crippen molar-refractivity contribution in [2.75, 3.05) is 0 Å². The van der Waals surface area contributed by atoms with Crippen molar-refractivity contribution < 1.29 is 4.42 Å². The Bertz CT molecular complexity index is 1050. The predicted octanol–water partition coefficient (Wildman–Crippen LogP) is 1.99. The number of rotatable bonds is 4. The molecule has 0 aliphatic carbocycles. The highest BCUT2D eigenvalue weighted by molar-refractivity contribution is 7.98. The van der Waals surface area contributed by atoms with Gasteiger partial charge in [-0.25, -0.2) is 0 Å². The molecule has 3 aromatic heterocycles. The van der Waals surface area contributed by atoms with Crippen LogP contribution in [0.3, 0.4) is 0 Å². The van der Waals surface area contributed by atoms with E-state index in [4.69, 9.17) is 4.42 Å². The van der Waals surface area contributed by atoms with Crippen LogP contribution in [-0.4, -0.2) is 30.2 Å². The zero-order chi connectivity index (χ0) is 16.4. The van der Waals surface area contributed by atoms with Crippen LogP contribution in [0.15, 0.2) is 63.2 Å². The smallest absolute Gasteiger partial charge is 0.278 e. The molecule has 0 atom stereocenters. The molecule has 0 saturated heterocycles. The maximum Gasteiger partial charge on any atom is 0.278 e. The minimum Gasteiger partial charge on any atom is -0.411 e. The van der Waals surface area contributed by atoms with Crippen molar-refractivity contribution >= 4 is 22.7 Å². The number of pyridine rings is 1. The number of hydrogen-bond acceptors (Lipinski definition) is 8. The average molecular weight is 338 g/mol. The van der Waals surface area contributed by atoms with Gasteiger partial charge in [-0.15, -0.1) is 15.3 Å². The Morgan fingerprint density at radius 2 is 2.00 bits per heavy atom. The highest BCUT2D eigenvalue weighted by Crippen LogP contribution is 2.22. The van der Waals surface area contributed by atoms with E-state index < -0.39 is 0 Å². The van der Waals surface area contributed by atoms with Crippen molar-refractivity contribution in [2.24, 2.45) is 0 Å². The SMILES string of the molecule is O=c1c2ccccc2nnn1CSc1nnc(-c2cccnc2)o1. The highest BCUT2D eigenvalue weighted by atomic mass is 32.2. The first-order valence-corrected chi connectivity index (χ1v) is 7.99. The summed E-state index contributed by atoms with van der Waals surface area (Å²) in [7, 11) is 0. The number of hydrogen-bond donors (Lipinski definition) is 0. The number of benzene rings is 1. The van der Waals surface area contributed by atoms with E-state index >= 15 is 0 Å². The summed E-state index contributed by atoms with van der Waals surface area (Å²) < 4.78 is 6.82. The van der Waals surface area contributed by atoms with Crippen LogP contribution in [0.5, 0.6) is 0 Å². The van der Waals surface area contributed by atoms with Gasteiger partial charge in [0.05, 0.1) is 10.9 Å². The lowest BCUT2D eigenvalue weighted by Crippen LogP contribution is -2.23. The minimum absolute atomic E-state index is 0.208. The number of nitrogens with zero attached hydrogens (tertiary/aromatic N) is 6. The third-order valence-electron chi connectivity index (χ3n) is 3.25. The summed E-state index contributed by atoms with van der Waals surface area (Å²) >= 11 is 1.21. The summed E-state index contributed by atoms with van der Waals surface area (Å²) in [5.74, 6) is 0.605. The second-order valence-electron chi connectivity index (χ2n) is 4.80. The van der Waals surface area contributed by atoms with Gasteiger partial charge in [-0.1, -0.05) is 17.3 Å². The van der Waals surface area contributed by atoms with Gasteiger partial charge in [-0.3, -0.25) is 9.78 Å². The van der Waals surface area contributed by atoms with Gasteiger partial charge in [0.2, 0.25) is 5.89 Å². The molecule has 9 heteroatoms. The third kappa shape index (κ3) is 2.76. The van der Waals surface area contributed by atoms with Crippen molar-refractivity contribution in [3.8, 4) is 11.5 Å². The van der Waals surface area contributed by atoms with Crippen LogP contribution < -0.4 is 5.56 Å². The zero-order valence-electron chi connectivity index (χ0n) is 12.2. The number of fused-ring (bicyclic) bond motifs is 1. The predicted molar refractivity (Wildman–Crippen MR) is 87.2 cm³/mol. The van der Waals surface area contributed by atoms with Crippen molar-refractivity contribution in [1.82, 2.24) is 30.2 Å². The van der Waals surface area contributed by atoms with Gasteiger partial charge in [-0.2, -0.15) is 4.68 Å². The molecule has 1 aromatic carbocycles. The van der Waals surface area contributed by atoms with E-state index in [1.807, 2.05) is 12.1 Å². The standard InChI is InChI=1S/C15H10N6O2S/c22-14-11-5-1-2-6-12(11)17-20-21(14)9-24-15-19-18-13(23-15)10-4-3-7-16-8-10/h1-8H,9H2. The molecule has 0 spiro atoms. The lowest BCUT2D eigenvalue weighted by Gasteiger charge is -2.02. The van der Waals surface area contributed by atoms with Gasteiger partial charge in [0.1, 0.15) is 11.4 Å². The molecule has 8 nitrogen and oxygen atoms in total. The fraction of sp³-hybridized carbons (Fsp3) is 0.0667. The Morgan fingerprint density at radius 1 is 1.08 bits per heavy atom. The Hall–Kier alpha value is -3.07. The number of aromatic nitrogens is 6. The summed E-state index contributed by atoms with van der Waals surface area (Å²) in [6, 6.07) is 10.7. The van der Waals surface area contributed by atoms with Crippen LogP contribution in [-0.2, 0) is 5.88 Å². The maximum atomic E-state index is 12.3. The summed E-state index contributed by atoms with van der Waals surface area (Å²) in [5.41, 5.74) is 1.10. The molecule has 4 rings (SSSR count). The van der Waals surface area contributed by atoms with Gasteiger partial charge >= 0.3 is 0 Å². The van der Waals surface area contributed by atoms with Crippen LogP contribution in [0.25, 0.3) is 22.4 Å². The fourth-order valence-electron chi connectivity index (χ4n) is 2.10. The van der Waals surface area contributed by atoms with E-state index in [2.05, 4.69) is 25.5 Å². The van der Waals surface area contributed by atoms with Gasteiger partial charge in [0.25, 0.3) is 10.8 Å². The first-order valence-electron chi connectivity index (χ1n) is 7.00. The first-order chi connectivity index (χ1) is 11.8. The molecule has 0 radical (unpaired) electrons. The van der Waals surface area contributed by atoms with E-state index in [9.17, 15) is 4.79 Å². The second kappa shape index (κ2) is 6.20. The molecule has 0 fully saturated rings. The molecule has 3 heterocycles. The summed E-state index contributed by atoms with van der Waals surface area (Å²) in [6.45, 7) is 0. The van der Waals surface area contributed by atoms with Gasteiger partial charge in [0.15, 0.2) is 0 Å². The molecule has 0 unspecified atom stereocenters. The van der Waals surface area contributed by atoms with E-state index in [-0.39, 0.29) is 11.4 Å². The van der Waals surface area contributed by atoms with Crippen LogP contribution in [0.1, 0.15) is 0 Å². The lowest BCUT2D eigenvalue weighted by atomic mass is 10.2. The van der Waals surface area contributed by atoms with Crippen LogP contribution in [0, 0.1) is 0 Å². The van der Waals surface area contributed by atoms with Crippen molar-refractivity contribution in [1.29, 1.82) is 0 Å². The van der Waals surface area contributed by atoms with Gasteiger partial charge < -0.3 is 4.42 Å². The van der Waals surface area contributed by atoms with Crippen molar-refractivity contribution in [3.63, 3.8) is 0 Å². The van der Waals surface area contributed by atoms with Gasteiger partial charge in [0, 0.05) is 12.4 Å². The molecular weight excluding hydrogens is 328 g/mol. The zero-order valence-corrected chi connectivity index (χ0v) is 13.1. The fourth-order valence-corrected chi connectivity index (χ4v) is 2.74. The molecule has 24 heavy (non-hydrogen) atoms. The molecule has 0 N–H and O–H groups in total. The maximum absolute atomic E-state index is 12.3. The molecule has 0 aliphatic heterocycles. The van der Waals surface area contributed by atoms with E-state index in [1.54, 1.807) is 36.7 Å². The highest BCUT2D eigenvalue weighted by Gasteiger charge is 2.11. The minimum atomic E-state index is -0.208. The molecule has 4 aromatic rings. The Balaban J connectivity index is 1.55. The van der Waals surface area contributed by atoms with E-state index in [0.29, 0.717) is 22.0 Å². The molecule has 0 aliphatic rings. The Labute approximate surface area is 139 Å². The topological polar surface area (TPSA) is 99.6 Å². The Morgan fingerprint density at radius 3 is 2.88 bits per heavy atom. The largest absolute Gasteiger partial charge is 0.411 e. The van der Waals surface area contributed by atoms with Crippen molar-refractivity contribution in [2.45, 2.75) is 11.1 Å². The molecule has 0 amide bonds. The molecular formula is C15H10N6O2S. The molecule has 0 bridgehead atoms. The normalized spacial score (nSPS) is 11.0. The summed E-state index contributed by atoms with van der Waals surface area (Å²) in [6.07, 6.45) is 3.31. The molecule has 0 saturated carbocycles. The quantitative estimate of drug-likeness (QED) is 0.521. The Kier molecular flexibility index (Phi) is 3.75. The van der Waals surface area contributed by atoms with E-state index in [0.717, 1.165) is 5.56 Å². The molecule has 118 valence electrons. The van der Waals surface area contributed by atoms with Crippen LogP contribution in [0.4, 0.5) is 0 Å². The van der Waals surface area contributed by atoms with Crippen LogP contribution >= 0.6 is 11.8 Å². The van der Waals surface area contributed by atoms with Gasteiger partial charge in [-0.05, 0) is 36.0 Å². The average Bonchev–Trinajstić information content (AvgIpc) is 3.11. The monoisotopic (exact) mass is 338 g/mol. The third-order valence-corrected chi connectivity index (χ3v) is 4.04. The first kappa shape index (κ1) is 14.5. The van der Waals surface area contributed by atoms with E-state index in [1.165, 1.54) is 16.4 Å². The summed E-state index contributed by atoms with van der Waals surface area (Å²) in [4.78, 5) is 16.4. The van der Waals surface area contributed by atoms with Crippen molar-refractivity contribution in [3.05, 3.63) is 59.1 Å². The van der Waals surface area contributed by atoms with Crippen LogP contribution in [0.2, 0.25) is 0 Å². The lowest BCUT2D eigenvalue weighted by molar-refractivity contribution is 0.464. The second-order valence-corrected chi connectivity index (χ2v) is 5.70. The number of thioether (sulfide) groups is 1. The summed E-state index contributed by atoms with van der Waals surface area (Å²) in [5, 5.41) is 16.7.